The lowest BCUT2D eigenvalue weighted by atomic mass is 9.75. The lowest BCUT2D eigenvalue weighted by Gasteiger charge is -2.30. The first-order valence-electron chi connectivity index (χ1n) is 13.4. The average Bonchev–Trinajstić information content (AvgIpc) is 2.85. The van der Waals surface area contributed by atoms with E-state index in [4.69, 9.17) is 4.74 Å². The van der Waals surface area contributed by atoms with Gasteiger partial charge in [-0.05, 0) is 97.4 Å². The lowest BCUT2D eigenvalue weighted by molar-refractivity contribution is 0.291. The Balaban J connectivity index is 1.36. The zero-order valence-electron chi connectivity index (χ0n) is 20.7. The minimum absolute atomic E-state index is 0.0252. The van der Waals surface area contributed by atoms with E-state index in [0.717, 1.165) is 76.2 Å². The predicted molar refractivity (Wildman–Crippen MR) is 132 cm³/mol. The Hall–Kier alpha value is -1.97. The van der Waals surface area contributed by atoms with E-state index in [1.54, 1.807) is 12.1 Å². The predicted octanol–water partition coefficient (Wildman–Crippen LogP) is 9.41. The first kappa shape index (κ1) is 25.1. The van der Waals surface area contributed by atoms with Gasteiger partial charge in [-0.3, -0.25) is 0 Å². The fourth-order valence-corrected chi connectivity index (χ4v) is 5.94. The molecule has 0 atom stereocenters. The molecule has 0 spiro atoms. The summed E-state index contributed by atoms with van der Waals surface area (Å²) in [6, 6.07) is 8.97. The largest absolute Gasteiger partial charge is 0.491 e. The SMILES string of the molecule is CCCCCOc1ccc(C2CCC(c3ccc(C4CCC(C)CC4)c(F)c3F)CC2)cc1F. The van der Waals surface area contributed by atoms with Crippen LogP contribution in [0.3, 0.4) is 0 Å². The third-order valence-corrected chi connectivity index (χ3v) is 8.20. The van der Waals surface area contributed by atoms with Crippen molar-refractivity contribution in [2.75, 3.05) is 6.61 Å². The Morgan fingerprint density at radius 2 is 1.29 bits per heavy atom. The molecule has 2 saturated carbocycles. The maximum atomic E-state index is 15.1. The zero-order chi connectivity index (χ0) is 24.1. The van der Waals surface area contributed by atoms with E-state index >= 15 is 8.78 Å². The summed E-state index contributed by atoms with van der Waals surface area (Å²) in [5, 5.41) is 0. The Morgan fingerprint density at radius 3 is 1.85 bits per heavy atom. The van der Waals surface area contributed by atoms with Gasteiger partial charge in [-0.15, -0.1) is 0 Å². The molecule has 0 heterocycles. The molecule has 0 aromatic heterocycles. The van der Waals surface area contributed by atoms with Crippen molar-refractivity contribution in [3.05, 3.63) is 64.5 Å². The highest BCUT2D eigenvalue weighted by molar-refractivity contribution is 5.34. The number of hydrogen-bond acceptors (Lipinski definition) is 1. The molecule has 2 aliphatic carbocycles. The van der Waals surface area contributed by atoms with Crippen LogP contribution in [0.5, 0.6) is 5.75 Å². The third kappa shape index (κ3) is 5.80. The third-order valence-electron chi connectivity index (χ3n) is 8.20. The quantitative estimate of drug-likeness (QED) is 0.348. The fraction of sp³-hybridized carbons (Fsp3) is 0.600. The molecule has 1 nitrogen and oxygen atoms in total. The second kappa shape index (κ2) is 11.6. The Labute approximate surface area is 203 Å². The van der Waals surface area contributed by atoms with Crippen LogP contribution in [0.15, 0.2) is 30.3 Å². The van der Waals surface area contributed by atoms with Gasteiger partial charge in [0.1, 0.15) is 0 Å². The molecule has 4 heteroatoms. The van der Waals surface area contributed by atoms with Gasteiger partial charge in [-0.25, -0.2) is 13.2 Å². The van der Waals surface area contributed by atoms with Crippen molar-refractivity contribution >= 4 is 0 Å². The first-order valence-corrected chi connectivity index (χ1v) is 13.4. The molecule has 0 bridgehead atoms. The minimum Gasteiger partial charge on any atom is -0.491 e. The Bertz CT molecular complexity index is 940. The highest BCUT2D eigenvalue weighted by atomic mass is 19.2. The van der Waals surface area contributed by atoms with E-state index in [1.807, 2.05) is 18.2 Å². The monoisotopic (exact) mass is 472 g/mol. The summed E-state index contributed by atoms with van der Waals surface area (Å²) in [6.45, 7) is 4.90. The van der Waals surface area contributed by atoms with Crippen LogP contribution < -0.4 is 4.74 Å². The van der Waals surface area contributed by atoms with Crippen LogP contribution in [-0.2, 0) is 0 Å². The number of hydrogen-bond donors (Lipinski definition) is 0. The highest BCUT2D eigenvalue weighted by Crippen LogP contribution is 2.43. The molecule has 34 heavy (non-hydrogen) atoms. The van der Waals surface area contributed by atoms with Crippen LogP contribution in [0.1, 0.15) is 119 Å². The summed E-state index contributed by atoms with van der Waals surface area (Å²) in [7, 11) is 0. The van der Waals surface area contributed by atoms with Crippen molar-refractivity contribution in [2.45, 2.75) is 102 Å². The Kier molecular flexibility index (Phi) is 8.60. The van der Waals surface area contributed by atoms with Gasteiger partial charge in [0.15, 0.2) is 23.2 Å². The van der Waals surface area contributed by atoms with E-state index in [9.17, 15) is 4.39 Å². The van der Waals surface area contributed by atoms with Crippen molar-refractivity contribution in [1.82, 2.24) is 0 Å². The molecule has 0 aliphatic heterocycles. The van der Waals surface area contributed by atoms with Gasteiger partial charge in [0.05, 0.1) is 6.61 Å². The van der Waals surface area contributed by atoms with Gasteiger partial charge in [0.2, 0.25) is 0 Å². The van der Waals surface area contributed by atoms with Crippen LogP contribution in [0.2, 0.25) is 0 Å². The summed E-state index contributed by atoms with van der Waals surface area (Å²) in [4.78, 5) is 0. The zero-order valence-corrected chi connectivity index (χ0v) is 20.7. The fourth-order valence-electron chi connectivity index (χ4n) is 5.94. The normalized spacial score (nSPS) is 25.3. The van der Waals surface area contributed by atoms with Crippen LogP contribution in [-0.4, -0.2) is 6.61 Å². The molecule has 186 valence electrons. The molecule has 0 unspecified atom stereocenters. The number of rotatable bonds is 8. The second-order valence-electron chi connectivity index (χ2n) is 10.6. The first-order chi connectivity index (χ1) is 16.5. The van der Waals surface area contributed by atoms with E-state index in [1.165, 1.54) is 0 Å². The van der Waals surface area contributed by atoms with Gasteiger partial charge in [-0.1, -0.05) is 57.7 Å². The van der Waals surface area contributed by atoms with Crippen molar-refractivity contribution < 1.29 is 17.9 Å². The standard InChI is InChI=1S/C30H39F3O/c1-3-4-5-18-34-28-17-14-24(19-27(28)31)21-10-12-23(13-11-21)26-16-15-25(29(32)30(26)33)22-8-6-20(2)7-9-22/h14-17,19-23H,3-13,18H2,1-2H3. The van der Waals surface area contributed by atoms with Crippen LogP contribution >= 0.6 is 0 Å². The van der Waals surface area contributed by atoms with Crippen LogP contribution in [0, 0.1) is 23.4 Å². The number of unbranched alkanes of at least 4 members (excludes halogenated alkanes) is 2. The molecule has 0 N–H and O–H groups in total. The van der Waals surface area contributed by atoms with Crippen LogP contribution in [0.25, 0.3) is 0 Å². The van der Waals surface area contributed by atoms with Crippen molar-refractivity contribution in [2.24, 2.45) is 5.92 Å². The molecule has 2 aromatic carbocycles. The van der Waals surface area contributed by atoms with Gasteiger partial charge in [0.25, 0.3) is 0 Å². The molecule has 0 amide bonds. The smallest absolute Gasteiger partial charge is 0.165 e. The molecule has 2 fully saturated rings. The minimum atomic E-state index is -0.643. The number of benzene rings is 2. The average molecular weight is 473 g/mol. The van der Waals surface area contributed by atoms with E-state index < -0.39 is 11.6 Å². The summed E-state index contributed by atoms with van der Waals surface area (Å²) < 4.78 is 50.3. The van der Waals surface area contributed by atoms with E-state index in [0.29, 0.717) is 29.4 Å². The van der Waals surface area contributed by atoms with Crippen LogP contribution in [0.4, 0.5) is 13.2 Å². The molecular formula is C30H39F3O. The second-order valence-corrected chi connectivity index (χ2v) is 10.6. The maximum absolute atomic E-state index is 15.1. The molecule has 2 aromatic rings. The van der Waals surface area contributed by atoms with Crippen molar-refractivity contribution in [3.63, 3.8) is 0 Å². The lowest BCUT2D eigenvalue weighted by Crippen LogP contribution is -2.16. The highest BCUT2D eigenvalue weighted by Gasteiger charge is 2.29. The van der Waals surface area contributed by atoms with Crippen molar-refractivity contribution in [1.29, 1.82) is 0 Å². The number of ether oxygens (including phenoxy) is 1. The topological polar surface area (TPSA) is 9.23 Å². The molecule has 0 saturated heterocycles. The Morgan fingerprint density at radius 1 is 0.735 bits per heavy atom. The van der Waals surface area contributed by atoms with E-state index in [-0.39, 0.29) is 23.6 Å². The summed E-state index contributed by atoms with van der Waals surface area (Å²) >= 11 is 0. The molecule has 0 radical (unpaired) electrons. The maximum Gasteiger partial charge on any atom is 0.165 e. The number of halogens is 3. The molecular weight excluding hydrogens is 433 g/mol. The summed E-state index contributed by atoms with van der Waals surface area (Å²) in [5.41, 5.74) is 2.06. The molecule has 4 rings (SSSR count). The molecule has 2 aliphatic rings. The van der Waals surface area contributed by atoms with Gasteiger partial charge < -0.3 is 4.74 Å². The van der Waals surface area contributed by atoms with Gasteiger partial charge in [-0.2, -0.15) is 0 Å². The van der Waals surface area contributed by atoms with E-state index in [2.05, 4.69) is 13.8 Å². The summed E-state index contributed by atoms with van der Waals surface area (Å²) in [6.07, 6.45) is 10.5. The van der Waals surface area contributed by atoms with Gasteiger partial charge >= 0.3 is 0 Å². The summed E-state index contributed by atoms with van der Waals surface area (Å²) in [5.74, 6) is -0.166. The van der Waals surface area contributed by atoms with Gasteiger partial charge in [0, 0.05) is 0 Å². The van der Waals surface area contributed by atoms with Crippen molar-refractivity contribution in [3.8, 4) is 5.75 Å².